The molecule has 2 aromatic carbocycles. The summed E-state index contributed by atoms with van der Waals surface area (Å²) in [6.07, 6.45) is 1.00. The molecule has 0 radical (unpaired) electrons. The van der Waals surface area contributed by atoms with Crippen LogP contribution in [0.25, 0.3) is 0 Å². The van der Waals surface area contributed by atoms with E-state index in [4.69, 9.17) is 0 Å². The number of sulfonamides is 1. The molecule has 0 atom stereocenters. The van der Waals surface area contributed by atoms with Gasteiger partial charge in [0.05, 0.1) is 11.9 Å². The highest BCUT2D eigenvalue weighted by atomic mass is 32.2. The Labute approximate surface area is 174 Å². The molecule has 0 saturated carbocycles. The summed E-state index contributed by atoms with van der Waals surface area (Å²) >= 11 is 1.46. The van der Waals surface area contributed by atoms with Crippen molar-refractivity contribution in [3.63, 3.8) is 0 Å². The highest BCUT2D eigenvalue weighted by Gasteiger charge is 2.21. The van der Waals surface area contributed by atoms with Crippen LogP contribution >= 0.6 is 11.8 Å². The number of hydrogen-bond acceptors (Lipinski definition) is 5. The van der Waals surface area contributed by atoms with Crippen LogP contribution in [-0.4, -0.2) is 45.2 Å². The van der Waals surface area contributed by atoms with E-state index in [0.29, 0.717) is 29.2 Å². The maximum Gasteiger partial charge on any atom is 0.240 e. The second-order valence-corrected chi connectivity index (χ2v) is 9.38. The summed E-state index contributed by atoms with van der Waals surface area (Å²) in [5.41, 5.74) is 1.21. The molecule has 9 heteroatoms. The standard InChI is InChI=1S/C20H23FN2O4S2/c1-15(24)16-7-5-8-18(12-16)23(29(2,26)27)13-20(25)22-10-11-28-14-17-6-3-4-9-19(17)21/h3-9,12H,10-11,13-14H2,1-2H3,(H,22,25). The van der Waals surface area contributed by atoms with Crippen molar-refractivity contribution in [1.29, 1.82) is 0 Å². The van der Waals surface area contributed by atoms with Gasteiger partial charge in [-0.05, 0) is 30.7 Å². The van der Waals surface area contributed by atoms with Crippen molar-refractivity contribution >= 4 is 39.2 Å². The Morgan fingerprint density at radius 3 is 2.52 bits per heavy atom. The fraction of sp³-hybridized carbons (Fsp3) is 0.300. The maximum absolute atomic E-state index is 13.6. The summed E-state index contributed by atoms with van der Waals surface area (Å²) in [6, 6.07) is 12.6. The number of rotatable bonds is 10. The van der Waals surface area contributed by atoms with Crippen molar-refractivity contribution in [2.24, 2.45) is 0 Å². The number of carbonyl (C=O) groups is 2. The molecule has 0 saturated heterocycles. The molecule has 6 nitrogen and oxygen atoms in total. The van der Waals surface area contributed by atoms with Gasteiger partial charge >= 0.3 is 0 Å². The van der Waals surface area contributed by atoms with Gasteiger partial charge in [-0.2, -0.15) is 11.8 Å². The van der Waals surface area contributed by atoms with Crippen LogP contribution < -0.4 is 9.62 Å². The van der Waals surface area contributed by atoms with E-state index in [9.17, 15) is 22.4 Å². The predicted octanol–water partition coefficient (Wildman–Crippen LogP) is 2.84. The van der Waals surface area contributed by atoms with Gasteiger partial charge < -0.3 is 5.32 Å². The lowest BCUT2D eigenvalue weighted by Gasteiger charge is -2.22. The fourth-order valence-electron chi connectivity index (χ4n) is 2.53. The molecule has 0 fully saturated rings. The van der Waals surface area contributed by atoms with Crippen LogP contribution in [0.2, 0.25) is 0 Å². The quantitative estimate of drug-likeness (QED) is 0.456. The molecule has 0 aliphatic carbocycles. The number of hydrogen-bond donors (Lipinski definition) is 1. The SMILES string of the molecule is CC(=O)c1cccc(N(CC(=O)NCCSCc2ccccc2F)S(C)(=O)=O)c1. The number of nitrogens with zero attached hydrogens (tertiary/aromatic N) is 1. The zero-order valence-corrected chi connectivity index (χ0v) is 17.9. The molecule has 2 aromatic rings. The molecule has 0 spiro atoms. The summed E-state index contributed by atoms with van der Waals surface area (Å²) < 4.78 is 38.8. The minimum absolute atomic E-state index is 0.198. The van der Waals surface area contributed by atoms with E-state index in [0.717, 1.165) is 10.6 Å². The first-order chi connectivity index (χ1) is 13.7. The Bertz CT molecular complexity index is 980. The first-order valence-corrected chi connectivity index (χ1v) is 11.9. The summed E-state index contributed by atoms with van der Waals surface area (Å²) in [6.45, 7) is 1.32. The third-order valence-corrected chi connectivity index (χ3v) is 6.16. The molecule has 0 aliphatic rings. The van der Waals surface area contributed by atoms with Crippen LogP contribution in [0, 0.1) is 5.82 Å². The number of thioether (sulfide) groups is 1. The number of Topliss-reactive ketones (excluding diaryl/α,β-unsaturated/α-hetero) is 1. The van der Waals surface area contributed by atoms with E-state index < -0.39 is 22.5 Å². The van der Waals surface area contributed by atoms with E-state index in [1.165, 1.54) is 36.9 Å². The number of anilines is 1. The lowest BCUT2D eigenvalue weighted by Crippen LogP contribution is -2.41. The Balaban J connectivity index is 1.90. The van der Waals surface area contributed by atoms with Gasteiger partial charge in [0.25, 0.3) is 0 Å². The van der Waals surface area contributed by atoms with Crippen molar-refractivity contribution < 1.29 is 22.4 Å². The van der Waals surface area contributed by atoms with Crippen LogP contribution in [0.4, 0.5) is 10.1 Å². The molecular weight excluding hydrogens is 415 g/mol. The first kappa shape index (κ1) is 22.9. The van der Waals surface area contributed by atoms with E-state index >= 15 is 0 Å². The van der Waals surface area contributed by atoms with Crippen LogP contribution in [0.5, 0.6) is 0 Å². The number of nitrogens with one attached hydrogen (secondary N) is 1. The van der Waals surface area contributed by atoms with Gasteiger partial charge in [-0.15, -0.1) is 0 Å². The highest BCUT2D eigenvalue weighted by Crippen LogP contribution is 2.19. The Morgan fingerprint density at radius 2 is 1.86 bits per heavy atom. The fourth-order valence-corrected chi connectivity index (χ4v) is 4.22. The summed E-state index contributed by atoms with van der Waals surface area (Å²) in [5, 5.41) is 2.67. The second kappa shape index (κ2) is 10.4. The average molecular weight is 439 g/mol. The van der Waals surface area contributed by atoms with Crippen LogP contribution in [0.3, 0.4) is 0 Å². The first-order valence-electron chi connectivity index (χ1n) is 8.85. The topological polar surface area (TPSA) is 83.6 Å². The minimum Gasteiger partial charge on any atom is -0.354 e. The average Bonchev–Trinajstić information content (AvgIpc) is 2.66. The van der Waals surface area contributed by atoms with E-state index in [1.807, 2.05) is 0 Å². The van der Waals surface area contributed by atoms with Crippen molar-refractivity contribution in [2.75, 3.05) is 29.4 Å². The molecule has 29 heavy (non-hydrogen) atoms. The van der Waals surface area contributed by atoms with Crippen molar-refractivity contribution in [2.45, 2.75) is 12.7 Å². The Kier molecular flexibility index (Phi) is 8.21. The van der Waals surface area contributed by atoms with Gasteiger partial charge in [0, 0.05) is 23.6 Å². The lowest BCUT2D eigenvalue weighted by molar-refractivity contribution is -0.119. The number of benzene rings is 2. The zero-order chi connectivity index (χ0) is 21.4. The number of amides is 1. The highest BCUT2D eigenvalue weighted by molar-refractivity contribution is 7.98. The largest absolute Gasteiger partial charge is 0.354 e. The summed E-state index contributed by atoms with van der Waals surface area (Å²) in [4.78, 5) is 23.8. The Hall–Kier alpha value is -2.39. The Morgan fingerprint density at radius 1 is 1.14 bits per heavy atom. The van der Waals surface area contributed by atoms with Crippen molar-refractivity contribution in [3.8, 4) is 0 Å². The molecule has 2 rings (SSSR count). The van der Waals surface area contributed by atoms with Gasteiger partial charge in [-0.3, -0.25) is 13.9 Å². The minimum atomic E-state index is -3.72. The number of ketones is 1. The molecular formula is C20H23FN2O4S2. The third kappa shape index (κ3) is 7.17. The van der Waals surface area contributed by atoms with Crippen molar-refractivity contribution in [3.05, 3.63) is 65.5 Å². The van der Waals surface area contributed by atoms with Gasteiger partial charge in [0.15, 0.2) is 5.78 Å². The molecule has 156 valence electrons. The molecule has 1 N–H and O–H groups in total. The monoisotopic (exact) mass is 438 g/mol. The van der Waals surface area contributed by atoms with Crippen LogP contribution in [0.15, 0.2) is 48.5 Å². The summed E-state index contributed by atoms with van der Waals surface area (Å²) in [5.74, 6) is 0.113. The second-order valence-electron chi connectivity index (χ2n) is 6.37. The smallest absolute Gasteiger partial charge is 0.240 e. The number of carbonyl (C=O) groups excluding carboxylic acids is 2. The summed E-state index contributed by atoms with van der Waals surface area (Å²) in [7, 11) is -3.72. The van der Waals surface area contributed by atoms with Crippen LogP contribution in [0.1, 0.15) is 22.8 Å². The molecule has 0 aliphatic heterocycles. The van der Waals surface area contributed by atoms with E-state index in [2.05, 4.69) is 5.32 Å². The van der Waals surface area contributed by atoms with Crippen LogP contribution in [-0.2, 0) is 20.6 Å². The van der Waals surface area contributed by atoms with Gasteiger partial charge in [-0.25, -0.2) is 12.8 Å². The molecule has 0 heterocycles. The van der Waals surface area contributed by atoms with Crippen molar-refractivity contribution in [1.82, 2.24) is 5.32 Å². The van der Waals surface area contributed by atoms with Gasteiger partial charge in [0.1, 0.15) is 12.4 Å². The molecule has 0 aromatic heterocycles. The third-order valence-electron chi connectivity index (χ3n) is 4.01. The maximum atomic E-state index is 13.6. The van der Waals surface area contributed by atoms with Gasteiger partial charge in [-0.1, -0.05) is 30.3 Å². The molecule has 0 unspecified atom stereocenters. The normalized spacial score (nSPS) is 11.1. The molecule has 1 amide bonds. The number of halogens is 1. The van der Waals surface area contributed by atoms with E-state index in [1.54, 1.807) is 30.3 Å². The van der Waals surface area contributed by atoms with E-state index in [-0.39, 0.29) is 17.3 Å². The zero-order valence-electron chi connectivity index (χ0n) is 16.2. The predicted molar refractivity (Wildman–Crippen MR) is 114 cm³/mol. The van der Waals surface area contributed by atoms with Gasteiger partial charge in [0.2, 0.25) is 15.9 Å². The molecule has 0 bridgehead atoms. The lowest BCUT2D eigenvalue weighted by atomic mass is 10.1.